The Bertz CT molecular complexity index is 510. The van der Waals surface area contributed by atoms with Crippen molar-refractivity contribution in [3.63, 3.8) is 0 Å². The molecule has 0 saturated carbocycles. The van der Waals surface area contributed by atoms with E-state index in [1.165, 1.54) is 0 Å². The molecule has 4 heteroatoms. The van der Waals surface area contributed by atoms with Gasteiger partial charge in [-0.15, -0.1) is 0 Å². The summed E-state index contributed by atoms with van der Waals surface area (Å²) in [7, 11) is 0. The zero-order chi connectivity index (χ0) is 13.6. The molecule has 1 aromatic carbocycles. The van der Waals surface area contributed by atoms with Crippen molar-refractivity contribution in [2.45, 2.75) is 31.5 Å². The Morgan fingerprint density at radius 2 is 1.90 bits per heavy atom. The molecule has 2 atom stereocenters. The molecule has 1 aromatic rings. The number of rotatable bonds is 1. The molecule has 0 radical (unpaired) electrons. The smallest absolute Gasteiger partial charge is 0.231 e. The molecule has 0 aliphatic carbocycles. The summed E-state index contributed by atoms with van der Waals surface area (Å²) in [6, 6.07) is 10.3. The van der Waals surface area contributed by atoms with Gasteiger partial charge in [-0.3, -0.25) is 4.79 Å². The summed E-state index contributed by atoms with van der Waals surface area (Å²) >= 11 is 0. The molecular weight excluding hydrogens is 254 g/mol. The van der Waals surface area contributed by atoms with Crippen molar-refractivity contribution >= 4 is 5.91 Å². The molecular formula is C16H19NO3. The van der Waals surface area contributed by atoms with Gasteiger partial charge in [0, 0.05) is 18.8 Å². The van der Waals surface area contributed by atoms with Crippen LogP contribution in [-0.4, -0.2) is 36.7 Å². The number of ether oxygens (including phenoxy) is 2. The number of benzene rings is 1. The van der Waals surface area contributed by atoms with Crippen LogP contribution in [0.25, 0.3) is 0 Å². The lowest BCUT2D eigenvalue weighted by atomic mass is 9.77. The van der Waals surface area contributed by atoms with Crippen molar-refractivity contribution in [3.05, 3.63) is 35.9 Å². The van der Waals surface area contributed by atoms with Crippen LogP contribution >= 0.6 is 0 Å². The Balaban J connectivity index is 1.64. The summed E-state index contributed by atoms with van der Waals surface area (Å²) < 4.78 is 11.3. The first kappa shape index (κ1) is 12.4. The number of amides is 1. The van der Waals surface area contributed by atoms with Crippen LogP contribution in [0.2, 0.25) is 0 Å². The Kier molecular flexibility index (Phi) is 2.82. The summed E-state index contributed by atoms with van der Waals surface area (Å²) in [6.45, 7) is 2.08. The van der Waals surface area contributed by atoms with Gasteiger partial charge in [0.2, 0.25) is 5.91 Å². The Morgan fingerprint density at radius 1 is 1.15 bits per heavy atom. The average molecular weight is 273 g/mol. The van der Waals surface area contributed by atoms with Crippen LogP contribution in [0.4, 0.5) is 0 Å². The van der Waals surface area contributed by atoms with Crippen molar-refractivity contribution < 1.29 is 14.3 Å². The standard InChI is InChI=1S/C16H19NO3/c18-15-16(6-8-19-9-7-16)10-13-11-20-14(17(13)15)12-4-2-1-3-5-12/h1-5,13-14H,6-11H2/t13-,14+/m0/s1. The van der Waals surface area contributed by atoms with Gasteiger partial charge in [-0.05, 0) is 19.3 Å². The maximum atomic E-state index is 12.9. The second-order valence-electron chi connectivity index (χ2n) is 6.06. The zero-order valence-corrected chi connectivity index (χ0v) is 11.5. The molecule has 0 aromatic heterocycles. The molecule has 3 aliphatic heterocycles. The molecule has 3 fully saturated rings. The number of nitrogens with zero attached hydrogens (tertiary/aromatic N) is 1. The third-order valence-corrected chi connectivity index (χ3v) is 4.94. The van der Waals surface area contributed by atoms with E-state index in [1.807, 2.05) is 35.2 Å². The fourth-order valence-electron chi connectivity index (χ4n) is 3.85. The lowest BCUT2D eigenvalue weighted by Crippen LogP contribution is -2.39. The Hall–Kier alpha value is -1.39. The minimum Gasteiger partial charge on any atom is -0.381 e. The highest BCUT2D eigenvalue weighted by Crippen LogP contribution is 2.49. The predicted octanol–water partition coefficient (Wildman–Crippen LogP) is 2.11. The van der Waals surface area contributed by atoms with E-state index in [1.54, 1.807) is 0 Å². The van der Waals surface area contributed by atoms with Crippen molar-refractivity contribution in [3.8, 4) is 0 Å². The van der Waals surface area contributed by atoms with Gasteiger partial charge in [0.1, 0.15) is 0 Å². The van der Waals surface area contributed by atoms with Crippen LogP contribution in [0.5, 0.6) is 0 Å². The van der Waals surface area contributed by atoms with Crippen LogP contribution in [0.1, 0.15) is 31.1 Å². The molecule has 0 bridgehead atoms. The molecule has 0 unspecified atom stereocenters. The number of carbonyl (C=O) groups is 1. The highest BCUT2D eigenvalue weighted by Gasteiger charge is 2.56. The summed E-state index contributed by atoms with van der Waals surface area (Å²) in [6.07, 6.45) is 2.45. The summed E-state index contributed by atoms with van der Waals surface area (Å²) in [5.74, 6) is 0.275. The minimum absolute atomic E-state index is 0.181. The van der Waals surface area contributed by atoms with Gasteiger partial charge in [0.05, 0.1) is 18.1 Å². The van der Waals surface area contributed by atoms with E-state index >= 15 is 0 Å². The van der Waals surface area contributed by atoms with E-state index in [4.69, 9.17) is 9.47 Å². The first-order valence-electron chi connectivity index (χ1n) is 7.37. The zero-order valence-electron chi connectivity index (χ0n) is 11.5. The Morgan fingerprint density at radius 3 is 2.65 bits per heavy atom. The maximum absolute atomic E-state index is 12.9. The topological polar surface area (TPSA) is 38.8 Å². The van der Waals surface area contributed by atoms with Gasteiger partial charge in [-0.1, -0.05) is 30.3 Å². The highest BCUT2D eigenvalue weighted by molar-refractivity contribution is 5.86. The average Bonchev–Trinajstić information content (AvgIpc) is 3.01. The van der Waals surface area contributed by atoms with Crippen molar-refractivity contribution in [1.29, 1.82) is 0 Å². The van der Waals surface area contributed by atoms with Crippen LogP contribution in [0.15, 0.2) is 30.3 Å². The monoisotopic (exact) mass is 273 g/mol. The van der Waals surface area contributed by atoms with Crippen LogP contribution in [0.3, 0.4) is 0 Å². The van der Waals surface area contributed by atoms with Crippen LogP contribution in [0, 0.1) is 5.41 Å². The van der Waals surface area contributed by atoms with E-state index in [0.717, 1.165) is 24.8 Å². The van der Waals surface area contributed by atoms with Crippen LogP contribution in [-0.2, 0) is 14.3 Å². The lowest BCUT2D eigenvalue weighted by molar-refractivity contribution is -0.147. The summed E-state index contributed by atoms with van der Waals surface area (Å²) in [4.78, 5) is 14.9. The van der Waals surface area contributed by atoms with Gasteiger partial charge in [0.15, 0.2) is 6.23 Å². The fourth-order valence-corrected chi connectivity index (χ4v) is 3.85. The first-order valence-corrected chi connectivity index (χ1v) is 7.37. The van der Waals surface area contributed by atoms with E-state index in [9.17, 15) is 4.79 Å². The second kappa shape index (κ2) is 4.57. The van der Waals surface area contributed by atoms with Gasteiger partial charge >= 0.3 is 0 Å². The molecule has 106 valence electrons. The number of fused-ring (bicyclic) bond motifs is 1. The number of carbonyl (C=O) groups excluding carboxylic acids is 1. The lowest BCUT2D eigenvalue weighted by Gasteiger charge is -2.33. The molecule has 3 heterocycles. The van der Waals surface area contributed by atoms with Crippen molar-refractivity contribution in [2.75, 3.05) is 19.8 Å². The minimum atomic E-state index is -0.198. The molecule has 1 spiro atoms. The van der Waals surface area contributed by atoms with E-state index in [-0.39, 0.29) is 23.6 Å². The second-order valence-corrected chi connectivity index (χ2v) is 6.06. The highest BCUT2D eigenvalue weighted by atomic mass is 16.5. The van der Waals surface area contributed by atoms with Crippen LogP contribution < -0.4 is 0 Å². The van der Waals surface area contributed by atoms with Gasteiger partial charge < -0.3 is 14.4 Å². The van der Waals surface area contributed by atoms with Crippen molar-refractivity contribution in [1.82, 2.24) is 4.90 Å². The molecule has 4 nitrogen and oxygen atoms in total. The normalized spacial score (nSPS) is 31.8. The molecule has 20 heavy (non-hydrogen) atoms. The molecule has 1 amide bonds. The fraction of sp³-hybridized carbons (Fsp3) is 0.562. The maximum Gasteiger partial charge on any atom is 0.231 e. The number of hydrogen-bond donors (Lipinski definition) is 0. The number of hydrogen-bond acceptors (Lipinski definition) is 3. The molecule has 3 aliphatic rings. The molecule has 3 saturated heterocycles. The third kappa shape index (κ3) is 1.71. The quantitative estimate of drug-likeness (QED) is 0.786. The van der Waals surface area contributed by atoms with E-state index < -0.39 is 0 Å². The predicted molar refractivity (Wildman–Crippen MR) is 72.9 cm³/mol. The SMILES string of the molecule is O=C1N2[C@H](CO[C@@H]2c2ccccc2)CC12CCOCC2. The summed E-state index contributed by atoms with van der Waals surface area (Å²) in [5, 5.41) is 0. The third-order valence-electron chi connectivity index (χ3n) is 4.94. The van der Waals surface area contributed by atoms with Gasteiger partial charge in [0.25, 0.3) is 0 Å². The molecule has 0 N–H and O–H groups in total. The van der Waals surface area contributed by atoms with E-state index in [2.05, 4.69) is 0 Å². The summed E-state index contributed by atoms with van der Waals surface area (Å²) in [5.41, 5.74) is 0.896. The van der Waals surface area contributed by atoms with Gasteiger partial charge in [-0.25, -0.2) is 0 Å². The largest absolute Gasteiger partial charge is 0.381 e. The van der Waals surface area contributed by atoms with Gasteiger partial charge in [-0.2, -0.15) is 0 Å². The molecule has 4 rings (SSSR count). The van der Waals surface area contributed by atoms with E-state index in [0.29, 0.717) is 19.8 Å². The Labute approximate surface area is 118 Å². The van der Waals surface area contributed by atoms with Crippen molar-refractivity contribution in [2.24, 2.45) is 5.41 Å². The first-order chi connectivity index (χ1) is 9.80.